The number of amidine groups is 1. The van der Waals surface area contributed by atoms with E-state index in [1.165, 1.54) is 0 Å². The summed E-state index contributed by atoms with van der Waals surface area (Å²) in [6.07, 6.45) is 10.2. The molecule has 2 heterocycles. The van der Waals surface area contributed by atoms with Gasteiger partial charge in [-0.25, -0.2) is 4.99 Å². The Bertz CT molecular complexity index is 282. The summed E-state index contributed by atoms with van der Waals surface area (Å²) < 4.78 is 0. The van der Waals surface area contributed by atoms with E-state index in [4.69, 9.17) is 0 Å². The molecule has 56 valence electrons. The normalized spacial score (nSPS) is 21.0. The largest absolute Gasteiger partial charge is 0.329 e. The standard InChI is InChI=1S/C9H10N2/c1-8-5-7-11-6-3-2-4-9(11)10-8/h2-6H,7H2,1H3. The van der Waals surface area contributed by atoms with Crippen LogP contribution in [0.3, 0.4) is 0 Å². The van der Waals surface area contributed by atoms with Gasteiger partial charge in [0.1, 0.15) is 5.84 Å². The first-order valence-corrected chi connectivity index (χ1v) is 3.73. The molecule has 2 rings (SSSR count). The Morgan fingerprint density at radius 3 is 3.27 bits per heavy atom. The minimum absolute atomic E-state index is 0.950. The fourth-order valence-electron chi connectivity index (χ4n) is 1.18. The van der Waals surface area contributed by atoms with Crippen LogP contribution in [-0.2, 0) is 0 Å². The number of hydrogen-bond donors (Lipinski definition) is 0. The predicted molar refractivity (Wildman–Crippen MR) is 46.2 cm³/mol. The van der Waals surface area contributed by atoms with Crippen molar-refractivity contribution in [1.29, 1.82) is 0 Å². The summed E-state index contributed by atoms with van der Waals surface area (Å²) in [5, 5.41) is 0. The van der Waals surface area contributed by atoms with Gasteiger partial charge in [-0.15, -0.1) is 0 Å². The van der Waals surface area contributed by atoms with Crippen molar-refractivity contribution in [1.82, 2.24) is 4.90 Å². The van der Waals surface area contributed by atoms with Crippen molar-refractivity contribution in [3.8, 4) is 0 Å². The first kappa shape index (κ1) is 6.40. The number of fused-ring (bicyclic) bond motifs is 1. The van der Waals surface area contributed by atoms with Crippen LogP contribution >= 0.6 is 0 Å². The van der Waals surface area contributed by atoms with Crippen LogP contribution < -0.4 is 0 Å². The van der Waals surface area contributed by atoms with Gasteiger partial charge in [-0.05, 0) is 25.2 Å². The van der Waals surface area contributed by atoms with Gasteiger partial charge in [0.15, 0.2) is 0 Å². The second-order valence-corrected chi connectivity index (χ2v) is 2.67. The highest BCUT2D eigenvalue weighted by molar-refractivity contribution is 5.96. The Morgan fingerprint density at radius 1 is 1.45 bits per heavy atom. The molecule has 2 heteroatoms. The number of allylic oxidation sites excluding steroid dienone is 3. The van der Waals surface area contributed by atoms with Crippen molar-refractivity contribution >= 4 is 5.84 Å². The first-order valence-electron chi connectivity index (χ1n) is 3.73. The molecule has 0 aromatic carbocycles. The highest BCUT2D eigenvalue weighted by Crippen LogP contribution is 2.11. The second-order valence-electron chi connectivity index (χ2n) is 2.67. The molecule has 0 bridgehead atoms. The maximum atomic E-state index is 4.37. The highest BCUT2D eigenvalue weighted by Gasteiger charge is 2.09. The monoisotopic (exact) mass is 146 g/mol. The summed E-state index contributed by atoms with van der Waals surface area (Å²) in [5.41, 5.74) is 1.11. The van der Waals surface area contributed by atoms with E-state index < -0.39 is 0 Å². The maximum Gasteiger partial charge on any atom is 0.133 e. The quantitative estimate of drug-likeness (QED) is 0.507. The second kappa shape index (κ2) is 2.38. The third-order valence-electron chi connectivity index (χ3n) is 1.79. The molecule has 0 saturated carbocycles. The Labute approximate surface area is 66.2 Å². The topological polar surface area (TPSA) is 15.6 Å². The van der Waals surface area contributed by atoms with Crippen molar-refractivity contribution < 1.29 is 0 Å². The first-order chi connectivity index (χ1) is 5.36. The van der Waals surface area contributed by atoms with Crippen LogP contribution in [0.5, 0.6) is 0 Å². The Balaban J connectivity index is 2.33. The van der Waals surface area contributed by atoms with Gasteiger partial charge < -0.3 is 4.90 Å². The number of hydrogen-bond acceptors (Lipinski definition) is 2. The van der Waals surface area contributed by atoms with Gasteiger partial charge in [-0.2, -0.15) is 0 Å². The third-order valence-corrected chi connectivity index (χ3v) is 1.79. The van der Waals surface area contributed by atoms with E-state index in [1.54, 1.807) is 0 Å². The van der Waals surface area contributed by atoms with E-state index in [0.717, 1.165) is 18.1 Å². The lowest BCUT2D eigenvalue weighted by atomic mass is 10.2. The van der Waals surface area contributed by atoms with Crippen molar-refractivity contribution in [2.45, 2.75) is 6.92 Å². The molecule has 0 radical (unpaired) electrons. The summed E-state index contributed by atoms with van der Waals surface area (Å²) in [6.45, 7) is 2.97. The average molecular weight is 146 g/mol. The molecule has 0 amide bonds. The fourth-order valence-corrected chi connectivity index (χ4v) is 1.18. The van der Waals surface area contributed by atoms with Crippen LogP contribution in [0.1, 0.15) is 6.92 Å². The number of nitrogens with zero attached hydrogens (tertiary/aromatic N) is 2. The van der Waals surface area contributed by atoms with Crippen LogP contribution in [0.4, 0.5) is 0 Å². The molecule has 0 aliphatic carbocycles. The predicted octanol–water partition coefficient (Wildman–Crippen LogP) is 1.69. The number of aliphatic imine (C=N–C) groups is 1. The molecular weight excluding hydrogens is 136 g/mol. The Hall–Kier alpha value is -1.31. The van der Waals surface area contributed by atoms with Gasteiger partial charge in [0.2, 0.25) is 0 Å². The molecular formula is C9H10N2. The molecule has 0 atom stereocenters. The molecule has 0 N–H and O–H groups in total. The molecule has 11 heavy (non-hydrogen) atoms. The van der Waals surface area contributed by atoms with Gasteiger partial charge in [-0.1, -0.05) is 6.08 Å². The molecule has 0 fully saturated rings. The minimum atomic E-state index is 0.950. The lowest BCUT2D eigenvalue weighted by Crippen LogP contribution is -2.28. The molecule has 2 nitrogen and oxygen atoms in total. The van der Waals surface area contributed by atoms with Gasteiger partial charge in [0.05, 0.1) is 0 Å². The zero-order chi connectivity index (χ0) is 7.68. The Kier molecular flexibility index (Phi) is 1.39. The molecule has 0 saturated heterocycles. The van der Waals surface area contributed by atoms with E-state index >= 15 is 0 Å². The van der Waals surface area contributed by atoms with Gasteiger partial charge in [0, 0.05) is 18.4 Å². The molecule has 2 aliphatic heterocycles. The van der Waals surface area contributed by atoms with E-state index in [0.29, 0.717) is 0 Å². The molecule has 2 aliphatic rings. The van der Waals surface area contributed by atoms with E-state index in [-0.39, 0.29) is 0 Å². The van der Waals surface area contributed by atoms with Gasteiger partial charge in [0.25, 0.3) is 0 Å². The van der Waals surface area contributed by atoms with Crippen LogP contribution in [0, 0.1) is 0 Å². The summed E-state index contributed by atoms with van der Waals surface area (Å²) in [4.78, 5) is 6.49. The lowest BCUT2D eigenvalue weighted by Gasteiger charge is -2.23. The third kappa shape index (κ3) is 1.11. The van der Waals surface area contributed by atoms with E-state index in [9.17, 15) is 0 Å². The van der Waals surface area contributed by atoms with Gasteiger partial charge in [-0.3, -0.25) is 0 Å². The fraction of sp³-hybridized carbons (Fsp3) is 0.222. The Morgan fingerprint density at radius 2 is 2.36 bits per heavy atom. The zero-order valence-electron chi connectivity index (χ0n) is 6.49. The molecule has 0 aromatic rings. The van der Waals surface area contributed by atoms with Gasteiger partial charge >= 0.3 is 0 Å². The maximum absolute atomic E-state index is 4.37. The average Bonchev–Trinajstić information content (AvgIpc) is 2.04. The van der Waals surface area contributed by atoms with Crippen molar-refractivity contribution in [3.05, 3.63) is 36.2 Å². The minimum Gasteiger partial charge on any atom is -0.329 e. The lowest BCUT2D eigenvalue weighted by molar-refractivity contribution is 0.608. The van der Waals surface area contributed by atoms with Crippen LogP contribution in [-0.4, -0.2) is 17.3 Å². The summed E-state index contributed by atoms with van der Waals surface area (Å²) >= 11 is 0. The zero-order valence-corrected chi connectivity index (χ0v) is 6.49. The van der Waals surface area contributed by atoms with Crippen molar-refractivity contribution in [3.63, 3.8) is 0 Å². The molecule has 0 unspecified atom stereocenters. The number of rotatable bonds is 0. The molecule has 0 spiro atoms. The van der Waals surface area contributed by atoms with Crippen molar-refractivity contribution in [2.24, 2.45) is 4.99 Å². The summed E-state index contributed by atoms with van der Waals surface area (Å²) in [7, 11) is 0. The van der Waals surface area contributed by atoms with E-state index in [1.807, 2.05) is 31.4 Å². The summed E-state index contributed by atoms with van der Waals surface area (Å²) in [6, 6.07) is 0. The van der Waals surface area contributed by atoms with Crippen LogP contribution in [0.2, 0.25) is 0 Å². The molecule has 0 aromatic heterocycles. The highest BCUT2D eigenvalue weighted by atomic mass is 15.2. The smallest absolute Gasteiger partial charge is 0.133 e. The SMILES string of the molecule is CC1=CCN2C=CC=CC2=N1. The van der Waals surface area contributed by atoms with Crippen molar-refractivity contribution in [2.75, 3.05) is 6.54 Å². The van der Waals surface area contributed by atoms with Crippen LogP contribution in [0.15, 0.2) is 41.2 Å². The summed E-state index contributed by atoms with van der Waals surface area (Å²) in [5.74, 6) is 1.05. The van der Waals surface area contributed by atoms with E-state index in [2.05, 4.69) is 16.0 Å². The van der Waals surface area contributed by atoms with Crippen LogP contribution in [0.25, 0.3) is 0 Å².